The van der Waals surface area contributed by atoms with Crippen LogP contribution >= 0.6 is 11.3 Å². The van der Waals surface area contributed by atoms with E-state index in [4.69, 9.17) is 9.84 Å². The van der Waals surface area contributed by atoms with Crippen molar-refractivity contribution in [1.82, 2.24) is 4.98 Å². The van der Waals surface area contributed by atoms with Gasteiger partial charge in [-0.05, 0) is 18.1 Å². The average molecular weight is 263 g/mol. The maximum absolute atomic E-state index is 8.85. The van der Waals surface area contributed by atoms with Crippen LogP contribution in [0.5, 0.6) is 5.75 Å². The summed E-state index contributed by atoms with van der Waals surface area (Å²) in [6.07, 6.45) is 2.48. The van der Waals surface area contributed by atoms with Crippen molar-refractivity contribution in [2.75, 3.05) is 13.7 Å². The number of para-hydroxylation sites is 1. The van der Waals surface area contributed by atoms with E-state index < -0.39 is 0 Å². The molecule has 3 nitrogen and oxygen atoms in total. The quantitative estimate of drug-likeness (QED) is 0.870. The van der Waals surface area contributed by atoms with E-state index in [-0.39, 0.29) is 6.61 Å². The van der Waals surface area contributed by atoms with Crippen LogP contribution in [-0.4, -0.2) is 23.8 Å². The molecule has 1 aromatic heterocycles. The van der Waals surface area contributed by atoms with Crippen LogP contribution in [0.15, 0.2) is 29.6 Å². The van der Waals surface area contributed by atoms with E-state index >= 15 is 0 Å². The Kier molecular flexibility index (Phi) is 4.73. The smallest absolute Gasteiger partial charge is 0.122 e. The van der Waals surface area contributed by atoms with Crippen LogP contribution in [0, 0.1) is 0 Å². The molecule has 1 N–H and O–H groups in total. The zero-order valence-corrected chi connectivity index (χ0v) is 11.2. The molecular formula is C14H17NO2S. The molecule has 0 saturated heterocycles. The van der Waals surface area contributed by atoms with Gasteiger partial charge in [0.05, 0.1) is 17.8 Å². The Labute approximate surface area is 111 Å². The molecular weight excluding hydrogens is 246 g/mol. The van der Waals surface area contributed by atoms with Gasteiger partial charge in [0.1, 0.15) is 5.75 Å². The third-order valence-electron chi connectivity index (χ3n) is 2.77. The van der Waals surface area contributed by atoms with E-state index in [1.807, 2.05) is 23.6 Å². The molecule has 0 bridgehead atoms. The molecule has 1 aromatic carbocycles. The molecule has 0 saturated carbocycles. The summed E-state index contributed by atoms with van der Waals surface area (Å²) < 4.78 is 5.33. The summed E-state index contributed by atoms with van der Waals surface area (Å²) in [5.41, 5.74) is 2.19. The van der Waals surface area contributed by atoms with Crippen molar-refractivity contribution in [1.29, 1.82) is 0 Å². The van der Waals surface area contributed by atoms with Gasteiger partial charge in [0.2, 0.25) is 0 Å². The van der Waals surface area contributed by atoms with Crippen molar-refractivity contribution in [3.8, 4) is 5.75 Å². The van der Waals surface area contributed by atoms with E-state index in [1.165, 1.54) is 5.56 Å². The van der Waals surface area contributed by atoms with E-state index in [1.54, 1.807) is 18.4 Å². The molecule has 4 heteroatoms. The van der Waals surface area contributed by atoms with Gasteiger partial charge in [0, 0.05) is 24.8 Å². The second-order valence-electron chi connectivity index (χ2n) is 4.02. The highest BCUT2D eigenvalue weighted by atomic mass is 32.1. The summed E-state index contributed by atoms with van der Waals surface area (Å²) in [7, 11) is 1.70. The highest BCUT2D eigenvalue weighted by molar-refractivity contribution is 7.09. The Balaban J connectivity index is 1.97. The zero-order chi connectivity index (χ0) is 12.8. The second-order valence-corrected chi connectivity index (χ2v) is 4.96. The van der Waals surface area contributed by atoms with Gasteiger partial charge in [0.15, 0.2) is 0 Å². The average Bonchev–Trinajstić information content (AvgIpc) is 2.85. The molecule has 2 rings (SSSR count). The standard InChI is InChI=1S/C14H17NO2S/c1-17-13-5-3-2-4-11(13)6-7-14-15-12(8-9-16)10-18-14/h2-5,10,16H,6-9H2,1H3. The molecule has 0 spiro atoms. The molecule has 0 aliphatic rings. The van der Waals surface area contributed by atoms with Gasteiger partial charge >= 0.3 is 0 Å². The summed E-state index contributed by atoms with van der Waals surface area (Å²) in [4.78, 5) is 4.49. The number of aromatic nitrogens is 1. The molecule has 18 heavy (non-hydrogen) atoms. The van der Waals surface area contributed by atoms with E-state index in [0.717, 1.165) is 29.3 Å². The first kappa shape index (κ1) is 13.1. The molecule has 0 fully saturated rings. The summed E-state index contributed by atoms with van der Waals surface area (Å²) in [6, 6.07) is 8.07. The lowest BCUT2D eigenvalue weighted by atomic mass is 10.1. The molecule has 0 unspecified atom stereocenters. The van der Waals surface area contributed by atoms with Crippen LogP contribution in [0.1, 0.15) is 16.3 Å². The first-order chi connectivity index (χ1) is 8.83. The Hall–Kier alpha value is -1.39. The van der Waals surface area contributed by atoms with Gasteiger partial charge in [-0.25, -0.2) is 4.98 Å². The topological polar surface area (TPSA) is 42.4 Å². The van der Waals surface area contributed by atoms with Gasteiger partial charge in [-0.3, -0.25) is 0 Å². The van der Waals surface area contributed by atoms with Crippen molar-refractivity contribution in [3.63, 3.8) is 0 Å². The number of aliphatic hydroxyl groups excluding tert-OH is 1. The van der Waals surface area contributed by atoms with Crippen LogP contribution in [0.3, 0.4) is 0 Å². The highest BCUT2D eigenvalue weighted by Gasteiger charge is 2.05. The molecule has 0 atom stereocenters. The summed E-state index contributed by atoms with van der Waals surface area (Å²) in [6.45, 7) is 0.162. The van der Waals surface area contributed by atoms with Gasteiger partial charge < -0.3 is 9.84 Å². The number of aryl methyl sites for hydroxylation is 2. The van der Waals surface area contributed by atoms with Gasteiger partial charge in [0.25, 0.3) is 0 Å². The predicted octanol–water partition coefficient (Wildman–Crippen LogP) is 2.47. The van der Waals surface area contributed by atoms with Crippen LogP contribution in [0.25, 0.3) is 0 Å². The van der Waals surface area contributed by atoms with E-state index in [2.05, 4.69) is 11.1 Å². The minimum Gasteiger partial charge on any atom is -0.496 e. The van der Waals surface area contributed by atoms with E-state index in [0.29, 0.717) is 6.42 Å². The number of aliphatic hydroxyl groups is 1. The molecule has 2 aromatic rings. The molecule has 0 radical (unpaired) electrons. The summed E-state index contributed by atoms with van der Waals surface area (Å²) in [5, 5.41) is 12.0. The van der Waals surface area contributed by atoms with Gasteiger partial charge in [-0.2, -0.15) is 0 Å². The van der Waals surface area contributed by atoms with Crippen molar-refractivity contribution < 1.29 is 9.84 Å². The Morgan fingerprint density at radius 1 is 1.22 bits per heavy atom. The Morgan fingerprint density at radius 3 is 2.83 bits per heavy atom. The zero-order valence-electron chi connectivity index (χ0n) is 10.4. The largest absolute Gasteiger partial charge is 0.496 e. The number of ether oxygens (including phenoxy) is 1. The minimum absolute atomic E-state index is 0.162. The molecule has 1 heterocycles. The molecule has 0 amide bonds. The van der Waals surface area contributed by atoms with Gasteiger partial charge in [-0.15, -0.1) is 11.3 Å². The third-order valence-corrected chi connectivity index (χ3v) is 3.73. The Bertz CT molecular complexity index is 496. The summed E-state index contributed by atoms with van der Waals surface area (Å²) in [5.74, 6) is 0.935. The molecule has 0 aliphatic heterocycles. The Morgan fingerprint density at radius 2 is 2.06 bits per heavy atom. The highest BCUT2D eigenvalue weighted by Crippen LogP contribution is 2.20. The SMILES string of the molecule is COc1ccccc1CCc1nc(CCO)cs1. The maximum Gasteiger partial charge on any atom is 0.122 e. The fourth-order valence-electron chi connectivity index (χ4n) is 1.84. The first-order valence-corrected chi connectivity index (χ1v) is 6.87. The summed E-state index contributed by atoms with van der Waals surface area (Å²) >= 11 is 1.66. The molecule has 0 aliphatic carbocycles. The third kappa shape index (κ3) is 3.31. The van der Waals surface area contributed by atoms with Crippen molar-refractivity contribution in [2.45, 2.75) is 19.3 Å². The fourth-order valence-corrected chi connectivity index (χ4v) is 2.68. The normalized spacial score (nSPS) is 10.6. The van der Waals surface area contributed by atoms with E-state index in [9.17, 15) is 0 Å². The lowest BCUT2D eigenvalue weighted by molar-refractivity contribution is 0.298. The lowest BCUT2D eigenvalue weighted by Gasteiger charge is -2.06. The van der Waals surface area contributed by atoms with Gasteiger partial charge in [-0.1, -0.05) is 18.2 Å². The lowest BCUT2D eigenvalue weighted by Crippen LogP contribution is -1.96. The monoisotopic (exact) mass is 263 g/mol. The minimum atomic E-state index is 0.162. The number of hydrogen-bond acceptors (Lipinski definition) is 4. The van der Waals surface area contributed by atoms with Crippen LogP contribution in [0.2, 0.25) is 0 Å². The van der Waals surface area contributed by atoms with Crippen LogP contribution < -0.4 is 4.74 Å². The number of hydrogen-bond donors (Lipinski definition) is 1. The number of nitrogens with zero attached hydrogens (tertiary/aromatic N) is 1. The second kappa shape index (κ2) is 6.52. The number of benzene rings is 1. The van der Waals surface area contributed by atoms with Crippen LogP contribution in [-0.2, 0) is 19.3 Å². The van der Waals surface area contributed by atoms with Crippen molar-refractivity contribution in [3.05, 3.63) is 45.9 Å². The number of methoxy groups -OCH3 is 1. The maximum atomic E-state index is 8.85. The number of rotatable bonds is 6. The van der Waals surface area contributed by atoms with Crippen molar-refractivity contribution in [2.24, 2.45) is 0 Å². The fraction of sp³-hybridized carbons (Fsp3) is 0.357. The van der Waals surface area contributed by atoms with Crippen LogP contribution in [0.4, 0.5) is 0 Å². The predicted molar refractivity (Wildman–Crippen MR) is 73.3 cm³/mol. The molecule has 96 valence electrons. The van der Waals surface area contributed by atoms with Crippen molar-refractivity contribution >= 4 is 11.3 Å². The number of thiazole rings is 1. The first-order valence-electron chi connectivity index (χ1n) is 5.99.